The van der Waals surface area contributed by atoms with E-state index in [2.05, 4.69) is 27.4 Å². The molecule has 0 aromatic carbocycles. The second-order valence-electron chi connectivity index (χ2n) is 5.46. The third-order valence-electron chi connectivity index (χ3n) is 3.62. The first-order valence-corrected chi connectivity index (χ1v) is 7.40. The van der Waals surface area contributed by atoms with Crippen LogP contribution in [0.1, 0.15) is 66.7 Å². The standard InChI is InChI=1S/C14H23NO2.C2H6/c1-5-6-9-14(3,4)11(2)10-15-12(16)7-8-13(15)17;1-2/h2,5-10H2,1,3-4H3;1-2H3. The van der Waals surface area contributed by atoms with Crippen LogP contribution in [0.4, 0.5) is 0 Å². The molecule has 0 aliphatic carbocycles. The molecule has 3 nitrogen and oxygen atoms in total. The molecule has 1 fully saturated rings. The molecule has 1 saturated heterocycles. The van der Waals surface area contributed by atoms with Gasteiger partial charge in [-0.05, 0) is 11.8 Å². The van der Waals surface area contributed by atoms with Crippen LogP contribution in [0, 0.1) is 5.41 Å². The Balaban J connectivity index is 0.00000154. The minimum absolute atomic E-state index is 0.000833. The average molecular weight is 267 g/mol. The van der Waals surface area contributed by atoms with E-state index < -0.39 is 0 Å². The van der Waals surface area contributed by atoms with Crippen LogP contribution in [0.2, 0.25) is 0 Å². The maximum Gasteiger partial charge on any atom is 0.229 e. The fraction of sp³-hybridized carbons (Fsp3) is 0.750. The predicted molar refractivity (Wildman–Crippen MR) is 79.7 cm³/mol. The highest BCUT2D eigenvalue weighted by molar-refractivity contribution is 6.02. The minimum Gasteiger partial charge on any atom is -0.278 e. The molecule has 0 spiro atoms. The van der Waals surface area contributed by atoms with Crippen LogP contribution < -0.4 is 0 Å². The number of hydrogen-bond acceptors (Lipinski definition) is 2. The Labute approximate surface area is 118 Å². The molecule has 19 heavy (non-hydrogen) atoms. The van der Waals surface area contributed by atoms with Crippen molar-refractivity contribution in [3.8, 4) is 0 Å². The molecule has 1 rings (SSSR count). The zero-order valence-electron chi connectivity index (χ0n) is 13.2. The highest BCUT2D eigenvalue weighted by Gasteiger charge is 2.32. The third-order valence-corrected chi connectivity index (χ3v) is 3.62. The Morgan fingerprint density at radius 1 is 1.21 bits per heavy atom. The van der Waals surface area contributed by atoms with E-state index in [9.17, 15) is 9.59 Å². The van der Waals surface area contributed by atoms with E-state index in [0.717, 1.165) is 24.8 Å². The second-order valence-corrected chi connectivity index (χ2v) is 5.46. The van der Waals surface area contributed by atoms with Crippen molar-refractivity contribution >= 4 is 11.8 Å². The van der Waals surface area contributed by atoms with Gasteiger partial charge in [-0.15, -0.1) is 0 Å². The highest BCUT2D eigenvalue weighted by Crippen LogP contribution is 2.32. The van der Waals surface area contributed by atoms with Crippen molar-refractivity contribution in [3.63, 3.8) is 0 Å². The quantitative estimate of drug-likeness (QED) is 0.540. The monoisotopic (exact) mass is 267 g/mol. The molecular formula is C16H29NO2. The molecule has 0 aromatic rings. The van der Waals surface area contributed by atoms with Crippen molar-refractivity contribution in [2.75, 3.05) is 6.54 Å². The smallest absolute Gasteiger partial charge is 0.229 e. The Morgan fingerprint density at radius 3 is 2.11 bits per heavy atom. The lowest BCUT2D eigenvalue weighted by atomic mass is 9.80. The average Bonchev–Trinajstić information content (AvgIpc) is 2.70. The van der Waals surface area contributed by atoms with Gasteiger partial charge in [-0.1, -0.05) is 59.6 Å². The van der Waals surface area contributed by atoms with E-state index in [4.69, 9.17) is 0 Å². The summed E-state index contributed by atoms with van der Waals surface area (Å²) in [5, 5.41) is 0. The first kappa shape index (κ1) is 17.9. The van der Waals surface area contributed by atoms with Crippen LogP contribution in [0.3, 0.4) is 0 Å². The van der Waals surface area contributed by atoms with Gasteiger partial charge < -0.3 is 0 Å². The summed E-state index contributed by atoms with van der Waals surface area (Å²) in [7, 11) is 0. The lowest BCUT2D eigenvalue weighted by molar-refractivity contribution is -0.137. The Hall–Kier alpha value is -1.12. The van der Waals surface area contributed by atoms with Gasteiger partial charge in [-0.3, -0.25) is 14.5 Å². The van der Waals surface area contributed by atoms with Gasteiger partial charge in [0.25, 0.3) is 0 Å². The molecule has 0 saturated carbocycles. The maximum atomic E-state index is 11.5. The van der Waals surface area contributed by atoms with Crippen LogP contribution in [-0.4, -0.2) is 23.3 Å². The molecule has 110 valence electrons. The van der Waals surface area contributed by atoms with Crippen LogP contribution in [0.5, 0.6) is 0 Å². The molecule has 0 N–H and O–H groups in total. The number of unbranched alkanes of at least 4 members (excludes halogenated alkanes) is 1. The summed E-state index contributed by atoms with van der Waals surface area (Å²) in [6.45, 7) is 14.9. The zero-order chi connectivity index (χ0) is 15.1. The molecule has 0 unspecified atom stereocenters. The summed E-state index contributed by atoms with van der Waals surface area (Å²) in [4.78, 5) is 24.4. The van der Waals surface area contributed by atoms with Gasteiger partial charge in [0, 0.05) is 19.4 Å². The first-order valence-electron chi connectivity index (χ1n) is 7.40. The van der Waals surface area contributed by atoms with E-state index in [0.29, 0.717) is 19.4 Å². The topological polar surface area (TPSA) is 37.4 Å². The van der Waals surface area contributed by atoms with Crippen LogP contribution in [0.15, 0.2) is 12.2 Å². The van der Waals surface area contributed by atoms with Crippen molar-refractivity contribution in [1.29, 1.82) is 0 Å². The lowest BCUT2D eigenvalue weighted by Gasteiger charge is -2.29. The SMILES string of the molecule is C=C(CN1C(=O)CCC1=O)C(C)(C)CCCC.CC. The second kappa shape index (κ2) is 8.13. The Bertz CT molecular complexity index is 316. The lowest BCUT2D eigenvalue weighted by Crippen LogP contribution is -2.34. The maximum absolute atomic E-state index is 11.5. The van der Waals surface area contributed by atoms with Crippen LogP contribution in [0.25, 0.3) is 0 Å². The van der Waals surface area contributed by atoms with E-state index in [1.54, 1.807) is 0 Å². The van der Waals surface area contributed by atoms with Crippen LogP contribution >= 0.6 is 0 Å². The minimum atomic E-state index is -0.0533. The number of likely N-dealkylation sites (tertiary alicyclic amines) is 1. The molecule has 0 radical (unpaired) electrons. The van der Waals surface area contributed by atoms with Crippen molar-refractivity contribution < 1.29 is 9.59 Å². The summed E-state index contributed by atoms with van der Waals surface area (Å²) >= 11 is 0. The molecule has 2 amide bonds. The number of nitrogens with zero attached hydrogens (tertiary/aromatic N) is 1. The number of carbonyl (C=O) groups excluding carboxylic acids is 2. The summed E-state index contributed by atoms with van der Waals surface area (Å²) in [5.41, 5.74) is 0.980. The fourth-order valence-corrected chi connectivity index (χ4v) is 2.00. The molecule has 0 bridgehead atoms. The van der Waals surface area contributed by atoms with Gasteiger partial charge in [0.05, 0.1) is 0 Å². The highest BCUT2D eigenvalue weighted by atomic mass is 16.2. The summed E-state index contributed by atoms with van der Waals surface area (Å²) in [5.74, 6) is -0.107. The van der Waals surface area contributed by atoms with Crippen molar-refractivity contribution in [1.82, 2.24) is 4.90 Å². The molecule has 3 heteroatoms. The van der Waals surface area contributed by atoms with Crippen LogP contribution in [-0.2, 0) is 9.59 Å². The largest absolute Gasteiger partial charge is 0.278 e. The normalized spacial score (nSPS) is 15.3. The van der Waals surface area contributed by atoms with E-state index in [1.165, 1.54) is 4.90 Å². The van der Waals surface area contributed by atoms with Gasteiger partial charge in [0.2, 0.25) is 11.8 Å². The molecule has 0 aromatic heterocycles. The number of amides is 2. The summed E-state index contributed by atoms with van der Waals surface area (Å²) in [6.07, 6.45) is 4.08. The molecule has 0 atom stereocenters. The fourth-order valence-electron chi connectivity index (χ4n) is 2.00. The Kier molecular flexibility index (Phi) is 7.65. The number of imide groups is 1. The molecule has 1 aliphatic rings. The molecule has 1 heterocycles. The van der Waals surface area contributed by atoms with E-state index in [-0.39, 0.29) is 17.2 Å². The number of carbonyl (C=O) groups is 2. The predicted octanol–water partition coefficient (Wildman–Crippen LogP) is 3.93. The van der Waals surface area contributed by atoms with Gasteiger partial charge >= 0.3 is 0 Å². The third kappa shape index (κ3) is 5.17. The summed E-state index contributed by atoms with van der Waals surface area (Å²) < 4.78 is 0. The number of rotatable bonds is 6. The Morgan fingerprint density at radius 2 is 1.68 bits per heavy atom. The first-order chi connectivity index (χ1) is 8.88. The van der Waals surface area contributed by atoms with Crippen molar-refractivity contribution in [2.45, 2.75) is 66.7 Å². The number of hydrogen-bond donors (Lipinski definition) is 0. The molecule has 1 aliphatic heterocycles. The van der Waals surface area contributed by atoms with Crippen molar-refractivity contribution in [3.05, 3.63) is 12.2 Å². The zero-order valence-corrected chi connectivity index (χ0v) is 13.2. The van der Waals surface area contributed by atoms with Crippen molar-refractivity contribution in [2.24, 2.45) is 5.41 Å². The van der Waals surface area contributed by atoms with Gasteiger partial charge in [-0.25, -0.2) is 0 Å². The summed E-state index contributed by atoms with van der Waals surface area (Å²) in [6, 6.07) is 0. The molecular weight excluding hydrogens is 238 g/mol. The van der Waals surface area contributed by atoms with Gasteiger partial charge in [0.1, 0.15) is 0 Å². The van der Waals surface area contributed by atoms with Gasteiger partial charge in [-0.2, -0.15) is 0 Å². The van der Waals surface area contributed by atoms with E-state index >= 15 is 0 Å². The van der Waals surface area contributed by atoms with E-state index in [1.807, 2.05) is 13.8 Å². The van der Waals surface area contributed by atoms with Gasteiger partial charge in [0.15, 0.2) is 0 Å².